The van der Waals surface area contributed by atoms with Crippen LogP contribution in [-0.4, -0.2) is 33.5 Å². The molecule has 2 heterocycles. The number of pyridine rings is 1. The molecule has 1 atom stereocenters. The number of piperidine rings is 1. The molecule has 0 spiro atoms. The maximum atomic E-state index is 12.2. The zero-order chi connectivity index (χ0) is 12.4. The van der Waals surface area contributed by atoms with Gasteiger partial charge in [-0.05, 0) is 26.2 Å². The minimum atomic E-state index is -0.411. The van der Waals surface area contributed by atoms with Crippen molar-refractivity contribution in [1.82, 2.24) is 9.88 Å². The molecule has 1 aromatic heterocycles. The van der Waals surface area contributed by atoms with Crippen LogP contribution in [0.1, 0.15) is 36.5 Å². The lowest BCUT2D eigenvalue weighted by Gasteiger charge is -2.33. The van der Waals surface area contributed by atoms with E-state index in [1.54, 1.807) is 4.90 Å². The largest absolute Gasteiger partial charge is 0.507 e. The molecule has 0 saturated carbocycles. The highest BCUT2D eigenvalue weighted by Crippen LogP contribution is 2.22. The number of aromatic hydroxyl groups is 1. The lowest BCUT2D eigenvalue weighted by atomic mass is 10.0. The number of rotatable bonds is 1. The highest BCUT2D eigenvalue weighted by atomic mass is 16.3. The molecule has 0 aliphatic carbocycles. The van der Waals surface area contributed by atoms with Crippen LogP contribution in [0.3, 0.4) is 0 Å². The maximum absolute atomic E-state index is 12.2. The molecule has 1 saturated heterocycles. The number of hydrogen-bond acceptors (Lipinski definition) is 3. The number of carbonyl (C=O) groups excluding carboxylic acids is 1. The lowest BCUT2D eigenvalue weighted by Crippen LogP contribution is -2.42. The van der Waals surface area contributed by atoms with Crippen LogP contribution in [0.25, 0.3) is 0 Å². The SMILES string of the molecule is CC1CCCCN1C(=O)c1c[nH]c(=O)cc1O. The second kappa shape index (κ2) is 4.61. The minimum Gasteiger partial charge on any atom is -0.507 e. The van der Waals surface area contributed by atoms with E-state index in [0.717, 1.165) is 25.3 Å². The van der Waals surface area contributed by atoms with Gasteiger partial charge in [-0.2, -0.15) is 0 Å². The van der Waals surface area contributed by atoms with E-state index < -0.39 is 5.56 Å². The first-order valence-electron chi connectivity index (χ1n) is 5.82. The quantitative estimate of drug-likeness (QED) is 0.766. The Morgan fingerprint density at radius 3 is 2.94 bits per heavy atom. The van der Waals surface area contributed by atoms with Crippen molar-refractivity contribution in [3.63, 3.8) is 0 Å². The zero-order valence-corrected chi connectivity index (χ0v) is 9.77. The topological polar surface area (TPSA) is 73.4 Å². The minimum absolute atomic E-state index is 0.165. The van der Waals surface area contributed by atoms with Gasteiger partial charge in [-0.25, -0.2) is 0 Å². The zero-order valence-electron chi connectivity index (χ0n) is 9.77. The van der Waals surface area contributed by atoms with Crippen LogP contribution in [0, 0.1) is 0 Å². The third-order valence-corrected chi connectivity index (χ3v) is 3.20. The van der Waals surface area contributed by atoms with Crippen molar-refractivity contribution in [2.75, 3.05) is 6.54 Å². The second-order valence-electron chi connectivity index (χ2n) is 4.44. The van der Waals surface area contributed by atoms with Gasteiger partial charge in [0, 0.05) is 24.8 Å². The summed E-state index contributed by atoms with van der Waals surface area (Å²) in [5.74, 6) is -0.470. The first-order valence-corrected chi connectivity index (χ1v) is 5.82. The number of nitrogens with one attached hydrogen (secondary N) is 1. The van der Waals surface area contributed by atoms with E-state index in [1.807, 2.05) is 6.92 Å². The van der Waals surface area contributed by atoms with Gasteiger partial charge in [-0.1, -0.05) is 0 Å². The maximum Gasteiger partial charge on any atom is 0.259 e. The Kier molecular flexibility index (Phi) is 3.17. The number of H-pyrrole nitrogens is 1. The average Bonchev–Trinajstić information content (AvgIpc) is 2.29. The Morgan fingerprint density at radius 2 is 2.29 bits per heavy atom. The molecule has 5 nitrogen and oxygen atoms in total. The van der Waals surface area contributed by atoms with Crippen molar-refractivity contribution in [2.45, 2.75) is 32.2 Å². The molecule has 1 unspecified atom stereocenters. The Bertz CT molecular complexity index is 481. The smallest absolute Gasteiger partial charge is 0.259 e. The van der Waals surface area contributed by atoms with E-state index in [2.05, 4.69) is 4.98 Å². The highest BCUT2D eigenvalue weighted by Gasteiger charge is 2.25. The fourth-order valence-electron chi connectivity index (χ4n) is 2.19. The van der Waals surface area contributed by atoms with Crippen LogP contribution < -0.4 is 5.56 Å². The van der Waals surface area contributed by atoms with Gasteiger partial charge in [-0.15, -0.1) is 0 Å². The van der Waals surface area contributed by atoms with Crippen LogP contribution in [-0.2, 0) is 0 Å². The Balaban J connectivity index is 2.27. The van der Waals surface area contributed by atoms with Gasteiger partial charge in [0.25, 0.3) is 11.5 Å². The predicted octanol–water partition coefficient (Wildman–Crippen LogP) is 1.10. The number of likely N-dealkylation sites (tertiary alicyclic amines) is 1. The molecule has 1 fully saturated rings. The molecular weight excluding hydrogens is 220 g/mol. The van der Waals surface area contributed by atoms with Gasteiger partial charge in [0.15, 0.2) is 0 Å². The van der Waals surface area contributed by atoms with E-state index in [0.29, 0.717) is 6.54 Å². The third-order valence-electron chi connectivity index (χ3n) is 3.20. The molecule has 2 N–H and O–H groups in total. The lowest BCUT2D eigenvalue weighted by molar-refractivity contribution is 0.0632. The first-order chi connectivity index (χ1) is 8.09. The van der Waals surface area contributed by atoms with Crippen LogP contribution in [0.5, 0.6) is 5.75 Å². The molecule has 2 rings (SSSR count). The molecule has 5 heteroatoms. The van der Waals surface area contributed by atoms with Crippen molar-refractivity contribution in [3.8, 4) is 5.75 Å². The number of aromatic nitrogens is 1. The number of nitrogens with zero attached hydrogens (tertiary/aromatic N) is 1. The normalized spacial score (nSPS) is 20.3. The van der Waals surface area contributed by atoms with Crippen LogP contribution in [0.4, 0.5) is 0 Å². The van der Waals surface area contributed by atoms with E-state index in [9.17, 15) is 14.7 Å². The molecule has 1 aliphatic heterocycles. The Hall–Kier alpha value is -1.78. The summed E-state index contributed by atoms with van der Waals surface area (Å²) in [7, 11) is 0. The molecule has 1 aromatic rings. The van der Waals surface area contributed by atoms with Crippen LogP contribution in [0.2, 0.25) is 0 Å². The molecule has 1 aliphatic rings. The summed E-state index contributed by atoms with van der Waals surface area (Å²) in [6.45, 7) is 2.71. The van der Waals surface area contributed by atoms with E-state index in [-0.39, 0.29) is 23.3 Å². The van der Waals surface area contributed by atoms with Crippen LogP contribution in [0.15, 0.2) is 17.1 Å². The monoisotopic (exact) mass is 236 g/mol. The molecular formula is C12H16N2O3. The van der Waals surface area contributed by atoms with Crippen molar-refractivity contribution in [2.24, 2.45) is 0 Å². The molecule has 92 valence electrons. The van der Waals surface area contributed by atoms with E-state index in [1.165, 1.54) is 6.20 Å². The predicted molar refractivity (Wildman–Crippen MR) is 63.1 cm³/mol. The second-order valence-corrected chi connectivity index (χ2v) is 4.44. The van der Waals surface area contributed by atoms with Gasteiger partial charge >= 0.3 is 0 Å². The van der Waals surface area contributed by atoms with Gasteiger partial charge in [-0.3, -0.25) is 9.59 Å². The van der Waals surface area contributed by atoms with E-state index in [4.69, 9.17) is 0 Å². The van der Waals surface area contributed by atoms with Crippen molar-refractivity contribution < 1.29 is 9.90 Å². The molecule has 1 amide bonds. The van der Waals surface area contributed by atoms with Gasteiger partial charge in [0.05, 0.1) is 5.56 Å². The van der Waals surface area contributed by atoms with E-state index >= 15 is 0 Å². The number of amides is 1. The summed E-state index contributed by atoms with van der Waals surface area (Å²) in [4.78, 5) is 27.3. The number of carbonyl (C=O) groups is 1. The first kappa shape index (κ1) is 11.7. The van der Waals surface area contributed by atoms with Crippen molar-refractivity contribution in [3.05, 3.63) is 28.2 Å². The van der Waals surface area contributed by atoms with Gasteiger partial charge < -0.3 is 15.0 Å². The number of hydrogen-bond donors (Lipinski definition) is 2. The average molecular weight is 236 g/mol. The number of aromatic amines is 1. The fraction of sp³-hybridized carbons (Fsp3) is 0.500. The van der Waals surface area contributed by atoms with Gasteiger partial charge in [0.1, 0.15) is 5.75 Å². The summed E-state index contributed by atoms with van der Waals surface area (Å²) in [5.41, 5.74) is -0.246. The molecule has 0 bridgehead atoms. The summed E-state index contributed by atoms with van der Waals surface area (Å²) >= 11 is 0. The summed E-state index contributed by atoms with van der Waals surface area (Å²) in [6.07, 6.45) is 4.37. The molecule has 0 radical (unpaired) electrons. The Morgan fingerprint density at radius 1 is 1.53 bits per heavy atom. The highest BCUT2D eigenvalue weighted by molar-refractivity contribution is 5.96. The summed E-state index contributed by atoms with van der Waals surface area (Å²) < 4.78 is 0. The third kappa shape index (κ3) is 2.33. The summed E-state index contributed by atoms with van der Waals surface area (Å²) in [6, 6.07) is 1.21. The van der Waals surface area contributed by atoms with Crippen LogP contribution >= 0.6 is 0 Å². The van der Waals surface area contributed by atoms with Crippen molar-refractivity contribution in [1.29, 1.82) is 0 Å². The molecule has 0 aromatic carbocycles. The fourth-order valence-corrected chi connectivity index (χ4v) is 2.19. The molecule has 17 heavy (non-hydrogen) atoms. The summed E-state index contributed by atoms with van der Waals surface area (Å²) in [5, 5.41) is 9.61. The Labute approximate surface area is 99.1 Å². The van der Waals surface area contributed by atoms with Crippen molar-refractivity contribution >= 4 is 5.91 Å². The van der Waals surface area contributed by atoms with Gasteiger partial charge in [0.2, 0.25) is 0 Å². The standard InChI is InChI=1S/C12H16N2O3/c1-8-4-2-3-5-14(8)12(17)9-7-13-11(16)6-10(9)15/h6-8H,2-5H2,1H3,(H2,13,15,16).